The van der Waals surface area contributed by atoms with Crippen molar-refractivity contribution in [2.24, 2.45) is 0 Å². The van der Waals surface area contributed by atoms with Crippen LogP contribution in [0.2, 0.25) is 0 Å². The summed E-state index contributed by atoms with van der Waals surface area (Å²) in [5, 5.41) is 12.2. The monoisotopic (exact) mass is 285 g/mol. The van der Waals surface area contributed by atoms with E-state index in [0.717, 1.165) is 17.0 Å². The first-order chi connectivity index (χ1) is 10.1. The van der Waals surface area contributed by atoms with Crippen molar-refractivity contribution in [2.45, 2.75) is 13.8 Å². The molecule has 2 N–H and O–H groups in total. The van der Waals surface area contributed by atoms with Gasteiger partial charge >= 0.3 is 5.97 Å². The molecule has 0 radical (unpaired) electrons. The number of aromatic carboxylic acids is 1. The van der Waals surface area contributed by atoms with Crippen molar-refractivity contribution in [3.63, 3.8) is 0 Å². The van der Waals surface area contributed by atoms with E-state index in [-0.39, 0.29) is 0 Å². The smallest absolute Gasteiger partial charge is 0.335 e. The van der Waals surface area contributed by atoms with Crippen LogP contribution in [0.15, 0.2) is 42.5 Å². The van der Waals surface area contributed by atoms with Crippen molar-refractivity contribution < 1.29 is 14.6 Å². The van der Waals surface area contributed by atoms with Gasteiger partial charge in [-0.1, -0.05) is 12.1 Å². The highest BCUT2D eigenvalue weighted by Gasteiger charge is 2.05. The third kappa shape index (κ3) is 4.24. The Bertz CT molecular complexity index is 638. The number of hydrogen-bond acceptors (Lipinski definition) is 3. The number of carboxylic acid groups (broad SMARTS) is 1. The summed E-state index contributed by atoms with van der Waals surface area (Å²) in [5.74, 6) is -0.0535. The number of carboxylic acids is 1. The molecule has 0 aliphatic rings. The van der Waals surface area contributed by atoms with E-state index >= 15 is 0 Å². The van der Waals surface area contributed by atoms with Gasteiger partial charge in [-0.05, 0) is 55.3 Å². The van der Waals surface area contributed by atoms with Crippen LogP contribution in [0.4, 0.5) is 5.69 Å². The van der Waals surface area contributed by atoms with Crippen molar-refractivity contribution in [3.05, 3.63) is 59.2 Å². The van der Waals surface area contributed by atoms with Gasteiger partial charge in [-0.25, -0.2) is 4.79 Å². The number of carbonyl (C=O) groups is 1. The average Bonchev–Trinajstić information content (AvgIpc) is 2.45. The molecule has 2 aromatic rings. The van der Waals surface area contributed by atoms with Crippen molar-refractivity contribution in [1.29, 1.82) is 0 Å². The normalized spacial score (nSPS) is 10.2. The fraction of sp³-hybridized carbons (Fsp3) is 0.235. The van der Waals surface area contributed by atoms with Gasteiger partial charge in [0.1, 0.15) is 12.4 Å². The molecule has 21 heavy (non-hydrogen) atoms. The molecule has 0 amide bonds. The number of ether oxygens (including phenoxy) is 1. The van der Waals surface area contributed by atoms with Gasteiger partial charge in [0.15, 0.2) is 0 Å². The molecule has 0 aliphatic carbocycles. The second-order valence-corrected chi connectivity index (χ2v) is 4.93. The Morgan fingerprint density at radius 2 is 2.00 bits per heavy atom. The van der Waals surface area contributed by atoms with E-state index in [1.54, 1.807) is 18.2 Å². The predicted molar refractivity (Wildman–Crippen MR) is 83.3 cm³/mol. The zero-order valence-corrected chi connectivity index (χ0v) is 12.2. The van der Waals surface area contributed by atoms with Gasteiger partial charge in [-0.15, -0.1) is 0 Å². The molecule has 0 unspecified atom stereocenters. The number of nitrogens with one attached hydrogen (secondary N) is 1. The van der Waals surface area contributed by atoms with Crippen molar-refractivity contribution in [2.75, 3.05) is 18.5 Å². The minimum Gasteiger partial charge on any atom is -0.492 e. The standard InChI is InChI=1S/C17H19NO3/c1-12-4-3-5-15(10-12)21-9-8-18-16-7-6-14(17(19)20)11-13(16)2/h3-7,10-11,18H,8-9H2,1-2H3,(H,19,20). The summed E-state index contributed by atoms with van der Waals surface area (Å²) in [6.07, 6.45) is 0. The molecule has 0 aromatic heterocycles. The Labute approximate surface area is 124 Å². The van der Waals surface area contributed by atoms with Crippen molar-refractivity contribution in [3.8, 4) is 5.75 Å². The molecule has 4 nitrogen and oxygen atoms in total. The highest BCUT2D eigenvalue weighted by molar-refractivity contribution is 5.88. The van der Waals surface area contributed by atoms with Crippen LogP contribution in [0, 0.1) is 13.8 Å². The van der Waals surface area contributed by atoms with Gasteiger partial charge in [-0.2, -0.15) is 0 Å². The maximum Gasteiger partial charge on any atom is 0.335 e. The second kappa shape index (κ2) is 6.79. The van der Waals surface area contributed by atoms with Gasteiger partial charge < -0.3 is 15.2 Å². The van der Waals surface area contributed by atoms with Crippen molar-refractivity contribution >= 4 is 11.7 Å². The molecule has 0 fully saturated rings. The Hall–Kier alpha value is -2.49. The first-order valence-electron chi connectivity index (χ1n) is 6.83. The summed E-state index contributed by atoms with van der Waals surface area (Å²) in [6, 6.07) is 13.0. The minimum atomic E-state index is -0.910. The second-order valence-electron chi connectivity index (χ2n) is 4.93. The van der Waals surface area contributed by atoms with Crippen LogP contribution < -0.4 is 10.1 Å². The largest absolute Gasteiger partial charge is 0.492 e. The molecule has 0 atom stereocenters. The van der Waals surface area contributed by atoms with Crippen LogP contribution in [-0.2, 0) is 0 Å². The van der Waals surface area contributed by atoms with Gasteiger partial charge in [0.05, 0.1) is 5.56 Å². The lowest BCUT2D eigenvalue weighted by Gasteiger charge is -2.11. The van der Waals surface area contributed by atoms with Crippen LogP contribution in [0.5, 0.6) is 5.75 Å². The summed E-state index contributed by atoms with van der Waals surface area (Å²) in [6.45, 7) is 5.11. The molecule has 110 valence electrons. The van der Waals surface area contributed by atoms with Gasteiger partial charge in [-0.3, -0.25) is 0 Å². The molecular weight excluding hydrogens is 266 g/mol. The number of benzene rings is 2. The lowest BCUT2D eigenvalue weighted by molar-refractivity contribution is 0.0697. The predicted octanol–water partition coefficient (Wildman–Crippen LogP) is 3.49. The highest BCUT2D eigenvalue weighted by Crippen LogP contribution is 2.16. The van der Waals surface area contributed by atoms with E-state index in [2.05, 4.69) is 5.32 Å². The lowest BCUT2D eigenvalue weighted by Crippen LogP contribution is -2.12. The first kappa shape index (κ1) is 14.9. The molecular formula is C17H19NO3. The lowest BCUT2D eigenvalue weighted by atomic mass is 10.1. The summed E-state index contributed by atoms with van der Waals surface area (Å²) < 4.78 is 5.65. The number of hydrogen-bond donors (Lipinski definition) is 2. The van der Waals surface area contributed by atoms with Gasteiger partial charge in [0, 0.05) is 12.2 Å². The van der Waals surface area contributed by atoms with Gasteiger partial charge in [0.25, 0.3) is 0 Å². The van der Waals surface area contributed by atoms with E-state index in [9.17, 15) is 4.79 Å². The third-order valence-corrected chi connectivity index (χ3v) is 3.15. The minimum absolute atomic E-state index is 0.300. The fourth-order valence-electron chi connectivity index (χ4n) is 2.05. The van der Waals surface area contributed by atoms with Gasteiger partial charge in [0.2, 0.25) is 0 Å². The molecule has 0 bridgehead atoms. The first-order valence-corrected chi connectivity index (χ1v) is 6.83. The summed E-state index contributed by atoms with van der Waals surface area (Å²) in [4.78, 5) is 10.9. The molecule has 0 spiro atoms. The molecule has 0 saturated carbocycles. The van der Waals surface area contributed by atoms with E-state index < -0.39 is 5.97 Å². The van der Waals surface area contributed by atoms with Crippen molar-refractivity contribution in [1.82, 2.24) is 0 Å². The zero-order valence-electron chi connectivity index (χ0n) is 12.2. The molecule has 2 aromatic carbocycles. The van der Waals surface area contributed by atoms with E-state index in [1.165, 1.54) is 5.56 Å². The topological polar surface area (TPSA) is 58.6 Å². The van der Waals surface area contributed by atoms with Crippen LogP contribution >= 0.6 is 0 Å². The Kier molecular flexibility index (Phi) is 4.82. The number of aryl methyl sites for hydroxylation is 2. The number of rotatable bonds is 6. The Morgan fingerprint density at radius 1 is 1.19 bits per heavy atom. The maximum absolute atomic E-state index is 10.9. The van der Waals surface area contributed by atoms with E-state index in [1.807, 2.05) is 38.1 Å². The quantitative estimate of drug-likeness (QED) is 0.798. The maximum atomic E-state index is 10.9. The summed E-state index contributed by atoms with van der Waals surface area (Å²) >= 11 is 0. The van der Waals surface area contributed by atoms with E-state index in [0.29, 0.717) is 18.7 Å². The zero-order chi connectivity index (χ0) is 15.2. The summed E-state index contributed by atoms with van der Waals surface area (Å²) in [7, 11) is 0. The van der Waals surface area contributed by atoms with Crippen LogP contribution in [0.25, 0.3) is 0 Å². The van der Waals surface area contributed by atoms with E-state index in [4.69, 9.17) is 9.84 Å². The Balaban J connectivity index is 1.85. The van der Waals surface area contributed by atoms with Crippen LogP contribution in [0.3, 0.4) is 0 Å². The molecule has 0 heterocycles. The fourth-order valence-corrected chi connectivity index (χ4v) is 2.05. The van der Waals surface area contributed by atoms with Crippen LogP contribution in [-0.4, -0.2) is 24.2 Å². The number of anilines is 1. The molecule has 0 saturated heterocycles. The molecule has 0 aliphatic heterocycles. The van der Waals surface area contributed by atoms with Crippen LogP contribution in [0.1, 0.15) is 21.5 Å². The Morgan fingerprint density at radius 3 is 2.67 bits per heavy atom. The highest BCUT2D eigenvalue weighted by atomic mass is 16.5. The average molecular weight is 285 g/mol. The summed E-state index contributed by atoms with van der Waals surface area (Å²) in [5.41, 5.74) is 3.30. The molecule has 2 rings (SSSR count). The molecule has 4 heteroatoms. The SMILES string of the molecule is Cc1cccc(OCCNc2ccc(C(=O)O)cc2C)c1. The third-order valence-electron chi connectivity index (χ3n) is 3.15.